The number of benzene rings is 1. The van der Waals surface area contributed by atoms with Gasteiger partial charge in [0.25, 0.3) is 11.8 Å². The van der Waals surface area contributed by atoms with Gasteiger partial charge in [-0.1, -0.05) is 29.0 Å². The van der Waals surface area contributed by atoms with Gasteiger partial charge in [-0.05, 0) is 50.1 Å². The van der Waals surface area contributed by atoms with E-state index in [9.17, 15) is 14.4 Å². The highest BCUT2D eigenvalue weighted by molar-refractivity contribution is 7.15. The summed E-state index contributed by atoms with van der Waals surface area (Å²) in [6.07, 6.45) is 1.39. The monoisotopic (exact) mass is 487 g/mol. The van der Waals surface area contributed by atoms with E-state index in [1.165, 1.54) is 0 Å². The van der Waals surface area contributed by atoms with Crippen molar-refractivity contribution in [3.63, 3.8) is 0 Å². The van der Waals surface area contributed by atoms with Crippen molar-refractivity contribution in [1.82, 2.24) is 20.4 Å². The summed E-state index contributed by atoms with van der Waals surface area (Å²) < 4.78 is 5.47. The van der Waals surface area contributed by atoms with Gasteiger partial charge in [0.2, 0.25) is 15.9 Å². The van der Waals surface area contributed by atoms with Crippen LogP contribution >= 0.6 is 22.9 Å². The molecule has 3 aromatic rings. The molecule has 0 unspecified atom stereocenters. The summed E-state index contributed by atoms with van der Waals surface area (Å²) in [5, 5.41) is 14.0. The van der Waals surface area contributed by atoms with Crippen molar-refractivity contribution in [1.29, 1.82) is 0 Å². The molecule has 0 spiro atoms. The maximum Gasteiger partial charge on any atom is 0.286 e. The van der Waals surface area contributed by atoms with E-state index < -0.39 is 5.91 Å². The van der Waals surface area contributed by atoms with Crippen molar-refractivity contribution in [2.75, 3.05) is 18.4 Å². The molecule has 9 nitrogen and oxygen atoms in total. The van der Waals surface area contributed by atoms with Gasteiger partial charge in [0.05, 0.1) is 12.5 Å². The minimum Gasteiger partial charge on any atom is -0.465 e. The van der Waals surface area contributed by atoms with Crippen LogP contribution in [0.3, 0.4) is 0 Å². The number of amides is 3. The number of aryl methyl sites for hydroxylation is 1. The zero-order valence-electron chi connectivity index (χ0n) is 17.8. The Morgan fingerprint density at radius 3 is 2.79 bits per heavy atom. The van der Waals surface area contributed by atoms with Crippen LogP contribution in [0.1, 0.15) is 44.0 Å². The minimum atomic E-state index is -0.474. The first kappa shape index (κ1) is 22.9. The van der Waals surface area contributed by atoms with Crippen LogP contribution < -0.4 is 10.6 Å². The van der Waals surface area contributed by atoms with Crippen molar-refractivity contribution in [3.05, 3.63) is 63.0 Å². The number of piperidine rings is 1. The average Bonchev–Trinajstić information content (AvgIpc) is 3.46. The van der Waals surface area contributed by atoms with Crippen LogP contribution in [0, 0.1) is 12.8 Å². The highest BCUT2D eigenvalue weighted by Crippen LogP contribution is 2.22. The summed E-state index contributed by atoms with van der Waals surface area (Å²) in [5.74, 6) is 0.206. The first-order valence-corrected chi connectivity index (χ1v) is 11.6. The van der Waals surface area contributed by atoms with Gasteiger partial charge in [0, 0.05) is 23.8 Å². The summed E-state index contributed by atoms with van der Waals surface area (Å²) in [6, 6.07) is 10.4. The lowest BCUT2D eigenvalue weighted by atomic mass is 9.97. The summed E-state index contributed by atoms with van der Waals surface area (Å²) in [5.41, 5.74) is 0.519. The Morgan fingerprint density at radius 1 is 1.21 bits per heavy atom. The van der Waals surface area contributed by atoms with Crippen LogP contribution in [0.25, 0.3) is 0 Å². The molecule has 1 aliphatic rings. The van der Waals surface area contributed by atoms with Crippen molar-refractivity contribution in [2.45, 2.75) is 26.3 Å². The number of furan rings is 1. The Hall–Kier alpha value is -3.24. The number of hydrogen-bond donors (Lipinski definition) is 2. The average molecular weight is 488 g/mol. The molecule has 4 rings (SSSR count). The molecule has 1 saturated heterocycles. The fourth-order valence-electron chi connectivity index (χ4n) is 3.56. The van der Waals surface area contributed by atoms with Gasteiger partial charge in [0.15, 0.2) is 0 Å². The maximum absolute atomic E-state index is 12.9. The molecule has 2 N–H and O–H groups in total. The molecular weight excluding hydrogens is 466 g/mol. The van der Waals surface area contributed by atoms with E-state index >= 15 is 0 Å². The van der Waals surface area contributed by atoms with Crippen LogP contribution in [0.2, 0.25) is 5.02 Å². The zero-order valence-corrected chi connectivity index (χ0v) is 19.4. The highest BCUT2D eigenvalue weighted by Gasteiger charge is 2.31. The molecule has 1 aliphatic heterocycles. The summed E-state index contributed by atoms with van der Waals surface area (Å²) in [4.78, 5) is 39.5. The third-order valence-corrected chi connectivity index (χ3v) is 6.34. The SMILES string of the molecule is Cc1ccc(CNC(=O)[C@H]2CCCN(C(=O)c3nnc(C(=O)Nc4cccc(Cl)c4)s3)C2)o1. The predicted octanol–water partition coefficient (Wildman–Crippen LogP) is 3.51. The van der Waals surface area contributed by atoms with Crippen molar-refractivity contribution >= 4 is 46.3 Å². The van der Waals surface area contributed by atoms with Gasteiger partial charge >= 0.3 is 0 Å². The molecule has 2 aromatic heterocycles. The quantitative estimate of drug-likeness (QED) is 0.549. The number of nitrogens with zero attached hydrogens (tertiary/aromatic N) is 3. The second-order valence-corrected chi connectivity index (χ2v) is 9.11. The molecular formula is C22H22ClN5O4S. The first-order chi connectivity index (χ1) is 15.9. The number of hydrogen-bond acceptors (Lipinski definition) is 7. The Bertz CT molecular complexity index is 1180. The molecule has 3 heterocycles. The number of carbonyl (C=O) groups excluding carboxylic acids is 3. The van der Waals surface area contributed by atoms with Gasteiger partial charge in [-0.15, -0.1) is 10.2 Å². The maximum atomic E-state index is 12.9. The molecule has 11 heteroatoms. The molecule has 1 atom stereocenters. The molecule has 0 bridgehead atoms. The first-order valence-electron chi connectivity index (χ1n) is 10.4. The van der Waals surface area contributed by atoms with Crippen molar-refractivity contribution in [2.24, 2.45) is 5.92 Å². The summed E-state index contributed by atoms with van der Waals surface area (Å²) in [6.45, 7) is 2.95. The molecule has 1 fully saturated rings. The van der Waals surface area contributed by atoms with Gasteiger partial charge in [-0.25, -0.2) is 0 Å². The standard InChI is InChI=1S/C22H22ClN5O4S/c1-13-7-8-17(32-13)11-24-18(29)14-4-3-9-28(12-14)22(31)21-27-26-20(33-21)19(30)25-16-6-2-5-15(23)10-16/h2,5-8,10,14H,3-4,9,11-12H2,1H3,(H,24,29)(H,25,30)/t14-/m0/s1. The molecule has 0 aliphatic carbocycles. The van der Waals surface area contributed by atoms with Crippen molar-refractivity contribution < 1.29 is 18.8 Å². The van der Waals surface area contributed by atoms with Gasteiger partial charge in [0.1, 0.15) is 11.5 Å². The number of halogens is 1. The van der Waals surface area contributed by atoms with E-state index in [0.717, 1.165) is 17.1 Å². The fourth-order valence-corrected chi connectivity index (χ4v) is 4.46. The number of anilines is 1. The third kappa shape index (κ3) is 5.77. The van der Waals surface area contributed by atoms with E-state index in [1.807, 2.05) is 19.1 Å². The van der Waals surface area contributed by atoms with Gasteiger partial charge < -0.3 is 20.0 Å². The Morgan fingerprint density at radius 2 is 2.03 bits per heavy atom. The van der Waals surface area contributed by atoms with E-state index in [4.69, 9.17) is 16.0 Å². The normalized spacial score (nSPS) is 15.8. The molecule has 3 amide bonds. The molecule has 0 saturated carbocycles. The van der Waals surface area contributed by atoms with E-state index in [0.29, 0.717) is 42.4 Å². The summed E-state index contributed by atoms with van der Waals surface area (Å²) >= 11 is 6.85. The van der Waals surface area contributed by atoms with Crippen LogP contribution in [-0.2, 0) is 11.3 Å². The Labute approximate surface area is 199 Å². The Balaban J connectivity index is 1.34. The van der Waals surface area contributed by atoms with E-state index in [-0.39, 0.29) is 34.3 Å². The lowest BCUT2D eigenvalue weighted by molar-refractivity contribution is -0.126. The molecule has 33 heavy (non-hydrogen) atoms. The zero-order chi connectivity index (χ0) is 23.4. The van der Waals surface area contributed by atoms with Crippen LogP contribution in [-0.4, -0.2) is 45.9 Å². The smallest absolute Gasteiger partial charge is 0.286 e. The minimum absolute atomic E-state index is 0.0679. The topological polar surface area (TPSA) is 117 Å². The number of likely N-dealkylation sites (tertiary alicyclic amines) is 1. The third-order valence-electron chi connectivity index (χ3n) is 5.20. The molecule has 1 aromatic carbocycles. The van der Waals surface area contributed by atoms with Crippen molar-refractivity contribution in [3.8, 4) is 0 Å². The van der Waals surface area contributed by atoms with Crippen LogP contribution in [0.4, 0.5) is 5.69 Å². The second kappa shape index (κ2) is 10.1. The van der Waals surface area contributed by atoms with Crippen LogP contribution in [0.5, 0.6) is 0 Å². The van der Waals surface area contributed by atoms with E-state index in [2.05, 4.69) is 20.8 Å². The summed E-state index contributed by atoms with van der Waals surface area (Å²) in [7, 11) is 0. The number of rotatable bonds is 6. The Kier molecular flexibility index (Phi) is 7.05. The van der Waals surface area contributed by atoms with Gasteiger partial charge in [-0.2, -0.15) is 0 Å². The largest absolute Gasteiger partial charge is 0.465 e. The molecule has 172 valence electrons. The molecule has 0 radical (unpaired) electrons. The highest BCUT2D eigenvalue weighted by atomic mass is 35.5. The van der Waals surface area contributed by atoms with Gasteiger partial charge in [-0.3, -0.25) is 14.4 Å². The lowest BCUT2D eigenvalue weighted by Gasteiger charge is -2.31. The van der Waals surface area contributed by atoms with Crippen LogP contribution in [0.15, 0.2) is 40.8 Å². The lowest BCUT2D eigenvalue weighted by Crippen LogP contribution is -2.45. The number of aromatic nitrogens is 2. The number of nitrogens with one attached hydrogen (secondary N) is 2. The fraction of sp³-hybridized carbons (Fsp3) is 0.318. The number of carbonyl (C=O) groups is 3. The van der Waals surface area contributed by atoms with E-state index in [1.54, 1.807) is 29.2 Å². The predicted molar refractivity (Wildman–Crippen MR) is 123 cm³/mol. The second-order valence-electron chi connectivity index (χ2n) is 7.70.